The van der Waals surface area contributed by atoms with Gasteiger partial charge in [0.25, 0.3) is 5.91 Å². The minimum Gasteiger partial charge on any atom is -0.482 e. The summed E-state index contributed by atoms with van der Waals surface area (Å²) in [6, 6.07) is 12.4. The predicted octanol–water partition coefficient (Wildman–Crippen LogP) is 5.00. The molecule has 0 bridgehead atoms. The van der Waals surface area contributed by atoms with Crippen LogP contribution in [0.2, 0.25) is 10.0 Å². The molecule has 0 radical (unpaired) electrons. The second-order valence-electron chi connectivity index (χ2n) is 6.89. The third kappa shape index (κ3) is 4.71. The van der Waals surface area contributed by atoms with Gasteiger partial charge in [0.1, 0.15) is 11.6 Å². The zero-order valence-electron chi connectivity index (χ0n) is 15.7. The lowest BCUT2D eigenvalue weighted by molar-refractivity contribution is -0.118. The number of fused-ring (bicyclic) bond motifs is 1. The molecule has 0 saturated heterocycles. The molecule has 6 nitrogen and oxygen atoms in total. The van der Waals surface area contributed by atoms with Crippen LogP contribution in [0.3, 0.4) is 0 Å². The Morgan fingerprint density at radius 2 is 2.00 bits per heavy atom. The van der Waals surface area contributed by atoms with Gasteiger partial charge in [-0.15, -0.1) is 10.2 Å². The van der Waals surface area contributed by atoms with Crippen molar-refractivity contribution in [3.63, 3.8) is 0 Å². The Morgan fingerprint density at radius 1 is 1.10 bits per heavy atom. The number of nitrogens with one attached hydrogen (secondary N) is 1. The van der Waals surface area contributed by atoms with Crippen LogP contribution in [-0.4, -0.2) is 27.3 Å². The van der Waals surface area contributed by atoms with Crippen molar-refractivity contribution < 1.29 is 9.53 Å². The molecule has 1 N–H and O–H groups in total. The molecule has 3 aromatic rings. The highest BCUT2D eigenvalue weighted by Crippen LogP contribution is 2.28. The zero-order valence-corrected chi connectivity index (χ0v) is 17.2. The van der Waals surface area contributed by atoms with Crippen molar-refractivity contribution in [1.29, 1.82) is 0 Å². The standard InChI is InChI=1S/C21H20Cl2N4O2/c22-15-8-9-17(23)18(12-15)29-13-20(28)24-16-6-4-5-14(11-16)21-26-25-19-7-2-1-3-10-27(19)21/h4-6,8-9,11-12H,1-3,7,10,13H2,(H,24,28). The number of ether oxygens (including phenoxy) is 1. The number of nitrogens with zero attached hydrogens (tertiary/aromatic N) is 3. The monoisotopic (exact) mass is 430 g/mol. The molecule has 1 aliphatic rings. The smallest absolute Gasteiger partial charge is 0.262 e. The molecule has 1 amide bonds. The molecule has 8 heteroatoms. The van der Waals surface area contributed by atoms with Gasteiger partial charge in [0.15, 0.2) is 12.4 Å². The van der Waals surface area contributed by atoms with Crippen molar-refractivity contribution in [3.05, 3.63) is 58.3 Å². The van der Waals surface area contributed by atoms with E-state index >= 15 is 0 Å². The summed E-state index contributed by atoms with van der Waals surface area (Å²) in [5.41, 5.74) is 1.58. The van der Waals surface area contributed by atoms with E-state index in [0.717, 1.165) is 43.0 Å². The largest absolute Gasteiger partial charge is 0.482 e. The molecular weight excluding hydrogens is 411 g/mol. The van der Waals surface area contributed by atoms with Crippen LogP contribution in [0.4, 0.5) is 5.69 Å². The lowest BCUT2D eigenvalue weighted by Gasteiger charge is -2.11. The van der Waals surface area contributed by atoms with Crippen molar-refractivity contribution in [2.24, 2.45) is 0 Å². The Bertz CT molecular complexity index is 1040. The molecule has 0 unspecified atom stereocenters. The molecule has 0 aliphatic carbocycles. The van der Waals surface area contributed by atoms with Gasteiger partial charge in [-0.3, -0.25) is 4.79 Å². The first-order chi connectivity index (χ1) is 14.1. The van der Waals surface area contributed by atoms with Crippen LogP contribution < -0.4 is 10.1 Å². The summed E-state index contributed by atoms with van der Waals surface area (Å²) in [5, 5.41) is 12.5. The lowest BCUT2D eigenvalue weighted by atomic mass is 10.2. The molecule has 1 aliphatic heterocycles. The Kier molecular flexibility index (Phi) is 6.02. The van der Waals surface area contributed by atoms with Crippen LogP contribution >= 0.6 is 23.2 Å². The second kappa shape index (κ2) is 8.84. The number of anilines is 1. The third-order valence-electron chi connectivity index (χ3n) is 4.77. The fourth-order valence-corrected chi connectivity index (χ4v) is 3.70. The second-order valence-corrected chi connectivity index (χ2v) is 7.74. The van der Waals surface area contributed by atoms with Crippen LogP contribution in [0.15, 0.2) is 42.5 Å². The molecular formula is C21H20Cl2N4O2. The number of carbonyl (C=O) groups is 1. The molecule has 0 spiro atoms. The summed E-state index contributed by atoms with van der Waals surface area (Å²) in [6.07, 6.45) is 4.42. The maximum atomic E-state index is 12.3. The summed E-state index contributed by atoms with van der Waals surface area (Å²) in [6.45, 7) is 0.743. The van der Waals surface area contributed by atoms with Crippen molar-refractivity contribution in [2.75, 3.05) is 11.9 Å². The maximum Gasteiger partial charge on any atom is 0.262 e. The molecule has 29 heavy (non-hydrogen) atoms. The van der Waals surface area contributed by atoms with E-state index in [-0.39, 0.29) is 12.5 Å². The van der Waals surface area contributed by atoms with Gasteiger partial charge in [-0.25, -0.2) is 0 Å². The van der Waals surface area contributed by atoms with Crippen LogP contribution in [-0.2, 0) is 17.8 Å². The average molecular weight is 431 g/mol. The van der Waals surface area contributed by atoms with Crippen molar-refractivity contribution >= 4 is 34.8 Å². The highest BCUT2D eigenvalue weighted by Gasteiger charge is 2.16. The topological polar surface area (TPSA) is 69.0 Å². The van der Waals surface area contributed by atoms with Gasteiger partial charge in [0.05, 0.1) is 5.02 Å². The van der Waals surface area contributed by atoms with Crippen molar-refractivity contribution in [2.45, 2.75) is 32.2 Å². The van der Waals surface area contributed by atoms with Gasteiger partial charge >= 0.3 is 0 Å². The van der Waals surface area contributed by atoms with E-state index in [9.17, 15) is 4.79 Å². The summed E-state index contributed by atoms with van der Waals surface area (Å²) in [5.74, 6) is 1.94. The number of rotatable bonds is 5. The number of hydrogen-bond acceptors (Lipinski definition) is 4. The Hall–Kier alpha value is -2.57. The number of carbonyl (C=O) groups excluding carboxylic acids is 1. The lowest BCUT2D eigenvalue weighted by Crippen LogP contribution is -2.20. The van der Waals surface area contributed by atoms with Crippen molar-refractivity contribution in [1.82, 2.24) is 14.8 Å². The van der Waals surface area contributed by atoms with Gasteiger partial charge in [-0.2, -0.15) is 0 Å². The molecule has 4 rings (SSSR count). The fourth-order valence-electron chi connectivity index (χ4n) is 3.36. The summed E-state index contributed by atoms with van der Waals surface area (Å²) < 4.78 is 7.67. The molecule has 2 heterocycles. The van der Waals surface area contributed by atoms with E-state index in [4.69, 9.17) is 27.9 Å². The van der Waals surface area contributed by atoms with Gasteiger partial charge in [-0.05, 0) is 37.1 Å². The maximum absolute atomic E-state index is 12.3. The zero-order chi connectivity index (χ0) is 20.2. The molecule has 0 atom stereocenters. The van der Waals surface area contributed by atoms with Crippen LogP contribution in [0.5, 0.6) is 5.75 Å². The summed E-state index contributed by atoms with van der Waals surface area (Å²) in [4.78, 5) is 12.3. The van der Waals surface area contributed by atoms with E-state index in [1.807, 2.05) is 24.3 Å². The highest BCUT2D eigenvalue weighted by molar-refractivity contribution is 6.34. The first-order valence-electron chi connectivity index (χ1n) is 9.50. The first-order valence-corrected chi connectivity index (χ1v) is 10.3. The Morgan fingerprint density at radius 3 is 2.90 bits per heavy atom. The van der Waals surface area contributed by atoms with E-state index in [0.29, 0.717) is 21.5 Å². The molecule has 1 aromatic heterocycles. The number of amides is 1. The third-order valence-corrected chi connectivity index (χ3v) is 5.31. The molecule has 0 saturated carbocycles. The minimum absolute atomic E-state index is 0.176. The predicted molar refractivity (Wildman–Crippen MR) is 114 cm³/mol. The van der Waals surface area contributed by atoms with E-state index in [2.05, 4.69) is 20.1 Å². The highest BCUT2D eigenvalue weighted by atomic mass is 35.5. The quantitative estimate of drug-likeness (QED) is 0.618. The van der Waals surface area contributed by atoms with E-state index in [1.54, 1.807) is 18.2 Å². The van der Waals surface area contributed by atoms with Gasteiger partial charge in [-0.1, -0.05) is 41.8 Å². The number of hydrogen-bond donors (Lipinski definition) is 1. The van der Waals surface area contributed by atoms with Crippen LogP contribution in [0.25, 0.3) is 11.4 Å². The Labute approximate surface area is 178 Å². The summed E-state index contributed by atoms with van der Waals surface area (Å²) in [7, 11) is 0. The van der Waals surface area contributed by atoms with E-state index < -0.39 is 0 Å². The molecule has 2 aromatic carbocycles. The number of aromatic nitrogens is 3. The van der Waals surface area contributed by atoms with Gasteiger partial charge < -0.3 is 14.6 Å². The van der Waals surface area contributed by atoms with Crippen LogP contribution in [0, 0.1) is 0 Å². The normalized spacial score (nSPS) is 13.4. The average Bonchev–Trinajstić information content (AvgIpc) is 2.97. The number of halogens is 2. The van der Waals surface area contributed by atoms with Crippen LogP contribution in [0.1, 0.15) is 25.1 Å². The number of aryl methyl sites for hydroxylation is 1. The van der Waals surface area contributed by atoms with Crippen molar-refractivity contribution in [3.8, 4) is 17.1 Å². The fraction of sp³-hybridized carbons (Fsp3) is 0.286. The Balaban J connectivity index is 1.45. The first kappa shape index (κ1) is 19.7. The minimum atomic E-state index is -0.293. The SMILES string of the molecule is O=C(COc1cc(Cl)ccc1Cl)Nc1cccc(-c2nnc3n2CCCCC3)c1. The number of benzene rings is 2. The van der Waals surface area contributed by atoms with Gasteiger partial charge in [0, 0.05) is 35.3 Å². The molecule has 0 fully saturated rings. The molecule has 150 valence electrons. The van der Waals surface area contributed by atoms with E-state index in [1.165, 1.54) is 6.42 Å². The van der Waals surface area contributed by atoms with Gasteiger partial charge in [0.2, 0.25) is 0 Å². The summed E-state index contributed by atoms with van der Waals surface area (Å²) >= 11 is 12.0.